The number of hydrogen-bond donors (Lipinski definition) is 4. The fraction of sp³-hybridized carbons (Fsp3) is 0.481. The van der Waals surface area contributed by atoms with Gasteiger partial charge in [0.25, 0.3) is 13.4 Å². The first-order chi connectivity index (χ1) is 17.5. The van der Waals surface area contributed by atoms with Crippen LogP contribution in [-0.4, -0.2) is 72.6 Å². The fourth-order valence-electron chi connectivity index (χ4n) is 4.77. The summed E-state index contributed by atoms with van der Waals surface area (Å²) in [7, 11) is -0.128. The van der Waals surface area contributed by atoms with Crippen molar-refractivity contribution in [1.82, 2.24) is 15.5 Å². The standard InChI is InChI=1S/C27H36BN3O5/c32-24-10-9-21(17-22(24)18-31-11-13-36-14-12-31)26(33)29-23(15-19-5-2-1-3-6-19)27(34)30-25(28-35)16-20-7-4-8-20/h1-3,5-6,9-10,17,20,23,25,28,32,35H,4,7-8,11-16,18H2,(H,29,33)(H,30,34)/t23-,25-/m0/s1. The molecule has 2 aromatic rings. The number of rotatable bonds is 11. The molecule has 0 bridgehead atoms. The van der Waals surface area contributed by atoms with E-state index in [9.17, 15) is 19.7 Å². The average Bonchev–Trinajstić information content (AvgIpc) is 2.87. The summed E-state index contributed by atoms with van der Waals surface area (Å²) in [6, 6.07) is 13.5. The minimum Gasteiger partial charge on any atom is -0.508 e. The first kappa shape index (κ1) is 26.2. The second kappa shape index (κ2) is 12.9. The van der Waals surface area contributed by atoms with Crippen molar-refractivity contribution in [2.45, 2.75) is 50.6 Å². The summed E-state index contributed by atoms with van der Waals surface area (Å²) < 4.78 is 5.39. The van der Waals surface area contributed by atoms with E-state index in [4.69, 9.17) is 4.74 Å². The van der Waals surface area contributed by atoms with Gasteiger partial charge in [0.05, 0.1) is 13.2 Å². The Hall–Kier alpha value is -2.88. The number of nitrogens with zero attached hydrogens (tertiary/aromatic N) is 1. The van der Waals surface area contributed by atoms with Gasteiger partial charge in [0, 0.05) is 43.1 Å². The largest absolute Gasteiger partial charge is 0.508 e. The molecule has 2 atom stereocenters. The Balaban J connectivity index is 1.46. The van der Waals surface area contributed by atoms with Crippen molar-refractivity contribution in [2.24, 2.45) is 5.92 Å². The molecule has 1 aliphatic heterocycles. The zero-order valence-electron chi connectivity index (χ0n) is 20.7. The van der Waals surface area contributed by atoms with Crippen molar-refractivity contribution in [3.05, 3.63) is 65.2 Å². The first-order valence-electron chi connectivity index (χ1n) is 12.9. The van der Waals surface area contributed by atoms with Gasteiger partial charge in [-0.2, -0.15) is 0 Å². The molecule has 0 spiro atoms. The Bertz CT molecular complexity index is 1010. The number of phenols is 1. The number of carbonyl (C=O) groups excluding carboxylic acids is 2. The second-order valence-electron chi connectivity index (χ2n) is 9.87. The van der Waals surface area contributed by atoms with Gasteiger partial charge in [-0.25, -0.2) is 0 Å². The monoisotopic (exact) mass is 493 g/mol. The Labute approximate surface area is 213 Å². The minimum absolute atomic E-state index is 0.128. The summed E-state index contributed by atoms with van der Waals surface area (Å²) in [4.78, 5) is 28.7. The van der Waals surface area contributed by atoms with Crippen LogP contribution in [-0.2, 0) is 22.5 Å². The quantitative estimate of drug-likeness (QED) is 0.354. The predicted octanol–water partition coefficient (Wildman–Crippen LogP) is 1.54. The summed E-state index contributed by atoms with van der Waals surface area (Å²) in [5, 5.41) is 26.0. The van der Waals surface area contributed by atoms with Gasteiger partial charge in [0.1, 0.15) is 11.8 Å². The number of ether oxygens (including phenoxy) is 1. The highest BCUT2D eigenvalue weighted by molar-refractivity contribution is 6.28. The third-order valence-corrected chi connectivity index (χ3v) is 7.15. The maximum absolute atomic E-state index is 13.3. The Morgan fingerprint density at radius 3 is 2.50 bits per heavy atom. The van der Waals surface area contributed by atoms with Gasteiger partial charge in [-0.15, -0.1) is 0 Å². The average molecular weight is 493 g/mol. The molecule has 2 amide bonds. The summed E-state index contributed by atoms with van der Waals surface area (Å²) in [5.74, 6) is -0.344. The lowest BCUT2D eigenvalue weighted by molar-refractivity contribution is -0.123. The van der Waals surface area contributed by atoms with Crippen LogP contribution in [0.2, 0.25) is 0 Å². The molecule has 1 saturated heterocycles. The van der Waals surface area contributed by atoms with E-state index in [1.807, 2.05) is 30.3 Å². The molecule has 0 radical (unpaired) electrons. The van der Waals surface area contributed by atoms with Crippen LogP contribution in [0.5, 0.6) is 5.75 Å². The lowest BCUT2D eigenvalue weighted by Crippen LogP contribution is -2.52. The number of nitrogens with one attached hydrogen (secondary N) is 2. The Morgan fingerprint density at radius 2 is 1.83 bits per heavy atom. The van der Waals surface area contributed by atoms with Crippen LogP contribution in [0.1, 0.15) is 47.2 Å². The second-order valence-corrected chi connectivity index (χ2v) is 9.87. The van der Waals surface area contributed by atoms with Gasteiger partial charge in [-0.1, -0.05) is 49.6 Å². The van der Waals surface area contributed by atoms with Gasteiger partial charge in [-0.05, 0) is 36.1 Å². The lowest BCUT2D eigenvalue weighted by Gasteiger charge is -2.30. The maximum atomic E-state index is 13.3. The normalized spacial score (nSPS) is 18.0. The lowest BCUT2D eigenvalue weighted by atomic mass is 9.73. The van der Waals surface area contributed by atoms with Crippen LogP contribution in [0.15, 0.2) is 48.5 Å². The molecule has 0 unspecified atom stereocenters. The Morgan fingerprint density at radius 1 is 1.08 bits per heavy atom. The molecule has 192 valence electrons. The smallest absolute Gasteiger partial charge is 0.293 e. The molecule has 4 rings (SSSR count). The van der Waals surface area contributed by atoms with Crippen molar-refractivity contribution in [2.75, 3.05) is 26.3 Å². The SMILES string of the molecule is O=C(N[C@@H](Cc1ccccc1)C(=O)N[C@H](BO)CC1CCC1)c1ccc(O)c(CN2CCOCC2)c1. The molecule has 0 aromatic heterocycles. The molecular weight excluding hydrogens is 457 g/mol. The first-order valence-corrected chi connectivity index (χ1v) is 12.9. The number of morpholine rings is 1. The zero-order chi connectivity index (χ0) is 25.3. The fourth-order valence-corrected chi connectivity index (χ4v) is 4.77. The minimum atomic E-state index is -0.799. The topological polar surface area (TPSA) is 111 Å². The summed E-state index contributed by atoms with van der Waals surface area (Å²) in [6.45, 7) is 3.34. The molecule has 8 nitrogen and oxygen atoms in total. The van der Waals surface area contributed by atoms with Gasteiger partial charge in [-0.3, -0.25) is 14.5 Å². The van der Waals surface area contributed by atoms with E-state index in [0.29, 0.717) is 43.2 Å². The highest BCUT2D eigenvalue weighted by atomic mass is 16.5. The predicted molar refractivity (Wildman–Crippen MR) is 139 cm³/mol. The van der Waals surface area contributed by atoms with E-state index in [-0.39, 0.29) is 31.0 Å². The summed E-state index contributed by atoms with van der Waals surface area (Å²) in [6.07, 6.45) is 4.54. The molecule has 1 aliphatic carbocycles. The molecule has 2 aromatic carbocycles. The number of amides is 2. The van der Waals surface area contributed by atoms with Crippen molar-refractivity contribution in [3.8, 4) is 5.75 Å². The molecule has 9 heteroatoms. The van der Waals surface area contributed by atoms with Gasteiger partial charge < -0.3 is 25.5 Å². The maximum Gasteiger partial charge on any atom is 0.293 e. The third-order valence-electron chi connectivity index (χ3n) is 7.15. The molecule has 36 heavy (non-hydrogen) atoms. The summed E-state index contributed by atoms with van der Waals surface area (Å²) in [5.41, 5.74) is 1.97. The molecule has 1 heterocycles. The van der Waals surface area contributed by atoms with E-state index in [0.717, 1.165) is 37.9 Å². The number of aromatic hydroxyl groups is 1. The van der Waals surface area contributed by atoms with Crippen molar-refractivity contribution in [3.63, 3.8) is 0 Å². The van der Waals surface area contributed by atoms with E-state index in [2.05, 4.69) is 15.5 Å². The highest BCUT2D eigenvalue weighted by Gasteiger charge is 2.28. The summed E-state index contributed by atoms with van der Waals surface area (Å²) >= 11 is 0. The van der Waals surface area contributed by atoms with E-state index in [1.54, 1.807) is 12.1 Å². The van der Waals surface area contributed by atoms with Crippen LogP contribution in [0, 0.1) is 5.92 Å². The van der Waals surface area contributed by atoms with Crippen molar-refractivity contribution < 1.29 is 24.5 Å². The number of carbonyl (C=O) groups is 2. The van der Waals surface area contributed by atoms with Crippen molar-refractivity contribution >= 4 is 19.3 Å². The molecule has 2 fully saturated rings. The van der Waals surface area contributed by atoms with Crippen LogP contribution in [0.3, 0.4) is 0 Å². The van der Waals surface area contributed by atoms with Gasteiger partial charge >= 0.3 is 0 Å². The van der Waals surface area contributed by atoms with Gasteiger partial charge in [0.2, 0.25) is 5.91 Å². The van der Waals surface area contributed by atoms with Gasteiger partial charge in [0.15, 0.2) is 0 Å². The number of hydrogen-bond acceptors (Lipinski definition) is 6. The van der Waals surface area contributed by atoms with Crippen LogP contribution in [0.25, 0.3) is 0 Å². The third kappa shape index (κ3) is 7.32. The van der Waals surface area contributed by atoms with E-state index in [1.165, 1.54) is 12.5 Å². The molecular formula is C27H36BN3O5. The van der Waals surface area contributed by atoms with Crippen molar-refractivity contribution in [1.29, 1.82) is 0 Å². The Kier molecular flexibility index (Phi) is 9.38. The zero-order valence-corrected chi connectivity index (χ0v) is 20.7. The molecule has 4 N–H and O–H groups in total. The van der Waals surface area contributed by atoms with E-state index >= 15 is 0 Å². The number of benzene rings is 2. The molecule has 2 aliphatic rings. The molecule has 1 saturated carbocycles. The highest BCUT2D eigenvalue weighted by Crippen LogP contribution is 2.30. The van der Waals surface area contributed by atoms with Crippen LogP contribution < -0.4 is 10.6 Å². The van der Waals surface area contributed by atoms with E-state index < -0.39 is 6.04 Å². The van der Waals surface area contributed by atoms with Crippen LogP contribution in [0.4, 0.5) is 0 Å². The van der Waals surface area contributed by atoms with Crippen LogP contribution >= 0.6 is 0 Å². The number of phenolic OH excluding ortho intramolecular Hbond substituents is 1.